The monoisotopic (exact) mass is 752 g/mol. The second-order valence-electron chi connectivity index (χ2n) is 3.91. The Balaban J connectivity index is 6.24. The van der Waals surface area contributed by atoms with E-state index in [9.17, 15) is 0 Å². The maximum Gasteiger partial charge on any atom is 0.0462 e. The molecule has 0 nitrogen and oxygen atoms in total. The third-order valence-corrected chi connectivity index (χ3v) is 106. The molecule has 0 aromatic heterocycles. The summed E-state index contributed by atoms with van der Waals surface area (Å²) in [5.74, 6) is 0. The minimum atomic E-state index is -0.0436. The lowest BCUT2D eigenvalue weighted by Crippen LogP contribution is -1.90. The van der Waals surface area contributed by atoms with Crippen molar-refractivity contribution >= 4 is 187 Å². The molecule has 0 saturated carbocycles. The highest BCUT2D eigenvalue weighted by Crippen LogP contribution is 3.19. The average molecular weight is 752 g/mol. The van der Waals surface area contributed by atoms with Crippen molar-refractivity contribution in [2.24, 2.45) is 0 Å². The van der Waals surface area contributed by atoms with E-state index in [4.69, 9.17) is 0 Å². The molecule has 0 aromatic carbocycles. The Morgan fingerprint density at radius 1 is 0.333 bits per heavy atom. The quantitative estimate of drug-likeness (QED) is 0.195. The molecule has 23 heteroatoms. The van der Waals surface area contributed by atoms with Crippen LogP contribution in [-0.4, -0.2) is 5.14 Å². The van der Waals surface area contributed by atoms with Crippen LogP contribution in [0.1, 0.15) is 0 Å². The van der Waals surface area contributed by atoms with E-state index in [1.165, 1.54) is 0 Å². The smallest absolute Gasteiger partial charge is 0.0462 e. The van der Waals surface area contributed by atoms with Gasteiger partial charge < -0.3 is 0 Å². The summed E-state index contributed by atoms with van der Waals surface area (Å²) in [5.41, 5.74) is 0. The first kappa shape index (κ1) is 33.9. The van der Waals surface area contributed by atoms with Crippen LogP contribution in [0.2, 0.25) is 0 Å². The summed E-state index contributed by atoms with van der Waals surface area (Å²) in [6.07, 6.45) is 0. The van der Waals surface area contributed by atoms with Gasteiger partial charge in [-0.25, -0.2) is 0 Å². The Labute approximate surface area is 190 Å². The summed E-state index contributed by atoms with van der Waals surface area (Å²) in [6.45, 7) is -0.200. The predicted octanol–water partition coefficient (Wildman–Crippen LogP) is 12.8. The molecule has 0 aliphatic rings. The molecule has 0 aromatic rings. The fraction of sp³-hybridized carbons (Fsp3) is 1.00. The first-order valence-corrected chi connectivity index (χ1v) is 45.1. The summed E-state index contributed by atoms with van der Waals surface area (Å²) in [7, 11) is 41.7. The Morgan fingerprint density at radius 3 is 0.750 bits per heavy atom. The van der Waals surface area contributed by atoms with Gasteiger partial charge in [-0.2, -0.15) is 0 Å². The normalized spacial score (nSPS) is 16.2. The van der Waals surface area contributed by atoms with Crippen molar-refractivity contribution in [2.45, 2.75) is 5.14 Å². The molecule has 0 bridgehead atoms. The highest BCUT2D eigenvalue weighted by molar-refractivity contribution is 9.12. The Morgan fingerprint density at radius 2 is 0.583 bits per heavy atom. The van der Waals surface area contributed by atoms with Gasteiger partial charge in [-0.3, -0.25) is 0 Å². The number of hydrogen-bond acceptors (Lipinski definition) is 0. The van der Waals surface area contributed by atoms with E-state index in [-0.39, 0.29) is 70.8 Å². The van der Waals surface area contributed by atoms with Gasteiger partial charge >= 0.3 is 0 Å². The van der Waals surface area contributed by atoms with Gasteiger partial charge in [-0.1, -0.05) is 0 Å². The zero-order valence-corrected chi connectivity index (χ0v) is 36.5. The van der Waals surface area contributed by atoms with Crippen LogP contribution in [-0.2, 0) is 0 Å². The molecule has 0 spiro atoms. The highest BCUT2D eigenvalue weighted by Gasteiger charge is 2.45. The van der Waals surface area contributed by atoms with E-state index >= 15 is 0 Å². The maximum atomic E-state index is 3.31. The summed E-state index contributed by atoms with van der Waals surface area (Å²) in [5, 5.41) is 0.949. The van der Waals surface area contributed by atoms with Gasteiger partial charge in [0.2, 0.25) is 0 Å². The molecule has 0 aliphatic heterocycles. The van der Waals surface area contributed by atoms with E-state index in [2.05, 4.69) is 116 Å². The lowest BCUT2D eigenvalue weighted by Gasteiger charge is -2.48. The topological polar surface area (TPSA) is 0 Å². The van der Waals surface area contributed by atoms with Crippen molar-refractivity contribution in [3.05, 3.63) is 0 Å². The summed E-state index contributed by atoms with van der Waals surface area (Å²) in [4.78, 5) is 0. The maximum absolute atomic E-state index is 3.31. The number of hydrogen-bond donors (Lipinski definition) is 0. The summed E-state index contributed by atoms with van der Waals surface area (Å²) < 4.78 is 0. The zero-order chi connectivity index (χ0) is 19.4. The molecule has 0 heterocycles. The first-order chi connectivity index (χ1) is 10.8. The van der Waals surface area contributed by atoms with Crippen LogP contribution >= 0.6 is 187 Å². The molecule has 0 aliphatic carbocycles. The van der Waals surface area contributed by atoms with E-state index in [0.29, 0.717) is 0 Å². The molecule has 15 unspecified atom stereocenters. The fourth-order valence-electron chi connectivity index (χ4n) is 1.43. The molecular formula is CH27P23. The molecule has 24 heavy (non-hydrogen) atoms. The SMILES string of the molecule is PP(P)P(P)P(C(P(P(P)P)P(P)P)P(P(P)P)P(P)P)P(P)P. The van der Waals surface area contributed by atoms with E-state index in [0.717, 1.165) is 5.14 Å². The molecule has 146 valence electrons. The molecule has 0 radical (unpaired) electrons. The van der Waals surface area contributed by atoms with Crippen molar-refractivity contribution in [3.8, 4) is 0 Å². The van der Waals surface area contributed by atoms with Crippen LogP contribution in [0.25, 0.3) is 0 Å². The Hall–Kier alpha value is 9.89. The van der Waals surface area contributed by atoms with E-state index < -0.39 is 0 Å². The van der Waals surface area contributed by atoms with Crippen molar-refractivity contribution in [1.82, 2.24) is 0 Å². The summed E-state index contributed by atoms with van der Waals surface area (Å²) >= 11 is 0. The molecule has 0 amide bonds. The van der Waals surface area contributed by atoms with Gasteiger partial charge in [0.15, 0.2) is 0 Å². The molecule has 0 saturated heterocycles. The van der Waals surface area contributed by atoms with Gasteiger partial charge in [0.1, 0.15) is 0 Å². The van der Waals surface area contributed by atoms with Gasteiger partial charge in [-0.05, 0) is 70.8 Å². The third-order valence-electron chi connectivity index (χ3n) is 2.25. The van der Waals surface area contributed by atoms with Gasteiger partial charge in [0, 0.05) is 5.14 Å². The van der Waals surface area contributed by atoms with E-state index in [1.54, 1.807) is 0 Å². The van der Waals surface area contributed by atoms with Crippen LogP contribution in [0.4, 0.5) is 0 Å². The van der Waals surface area contributed by atoms with Crippen molar-refractivity contribution in [3.63, 3.8) is 0 Å². The molecule has 0 N–H and O–H groups in total. The van der Waals surface area contributed by atoms with Gasteiger partial charge in [0.25, 0.3) is 0 Å². The van der Waals surface area contributed by atoms with Crippen molar-refractivity contribution in [1.29, 1.82) is 0 Å². The van der Waals surface area contributed by atoms with E-state index in [1.807, 2.05) is 0 Å². The molecular weight excluding hydrogens is 724 g/mol. The second kappa shape index (κ2) is 18.2. The largest absolute Gasteiger partial charge is 0.102 e. The van der Waals surface area contributed by atoms with Crippen LogP contribution in [0.15, 0.2) is 0 Å². The van der Waals surface area contributed by atoms with Gasteiger partial charge in [-0.15, -0.1) is 116 Å². The fourth-order valence-corrected chi connectivity index (χ4v) is 179. The van der Waals surface area contributed by atoms with Crippen molar-refractivity contribution < 1.29 is 0 Å². The third kappa shape index (κ3) is 12.2. The lowest BCUT2D eigenvalue weighted by atomic mass is 11.9. The minimum Gasteiger partial charge on any atom is -0.102 e. The molecule has 0 fully saturated rings. The Kier molecular flexibility index (Phi) is 25.7. The second-order valence-corrected chi connectivity index (χ2v) is 86.8. The Bertz CT molecular complexity index is 291. The minimum absolute atomic E-state index is 0.0134. The van der Waals surface area contributed by atoms with Crippen LogP contribution in [0, 0.1) is 0 Å². The van der Waals surface area contributed by atoms with Gasteiger partial charge in [0.05, 0.1) is 0 Å². The lowest BCUT2D eigenvalue weighted by molar-refractivity contribution is 2.05. The number of rotatable bonds is 10. The van der Waals surface area contributed by atoms with Crippen LogP contribution in [0.5, 0.6) is 0 Å². The van der Waals surface area contributed by atoms with Crippen LogP contribution in [0.3, 0.4) is 0 Å². The predicted molar refractivity (Wildman–Crippen MR) is 199 cm³/mol. The zero-order valence-electron chi connectivity index (χ0n) is 12.6. The highest BCUT2D eigenvalue weighted by atomic mass is 33.1. The first-order valence-electron chi connectivity index (χ1n) is 5.53. The van der Waals surface area contributed by atoms with Crippen molar-refractivity contribution in [2.75, 3.05) is 0 Å². The molecule has 15 atom stereocenters. The molecule has 0 rings (SSSR count). The summed E-state index contributed by atoms with van der Waals surface area (Å²) in [6, 6.07) is 0. The standard InChI is InChI=1S/CH27P23/c2-18(3)15(19(4)5)1(16(20(6)7)21(8)9)17(22(10)11)24(14)23(12)13/h1H,2-14H2. The average Bonchev–Trinajstić information content (AvgIpc) is 2.35. The van der Waals surface area contributed by atoms with Crippen LogP contribution < -0.4 is 0 Å².